The number of nitrogens with one attached hydrogen (secondary N) is 1. The molecule has 0 atom stereocenters. The number of amides is 1. The lowest BCUT2D eigenvalue weighted by atomic mass is 10.1. The first kappa shape index (κ1) is 13.1. The average Bonchev–Trinajstić information content (AvgIpc) is 2.42. The maximum Gasteiger partial charge on any atom is 0.228 e. The van der Waals surface area contributed by atoms with Gasteiger partial charge in [0, 0.05) is 5.69 Å². The predicted octanol–water partition coefficient (Wildman–Crippen LogP) is 3.18. The first-order chi connectivity index (χ1) is 9.19. The van der Waals surface area contributed by atoms with Gasteiger partial charge in [-0.25, -0.2) is 0 Å². The average molecular weight is 255 g/mol. The van der Waals surface area contributed by atoms with Crippen LogP contribution < -0.4 is 10.1 Å². The van der Waals surface area contributed by atoms with Crippen LogP contribution in [0.3, 0.4) is 0 Å². The van der Waals surface area contributed by atoms with Gasteiger partial charge >= 0.3 is 0 Å². The Balaban J connectivity index is 1.99. The Morgan fingerprint density at radius 1 is 1.11 bits per heavy atom. The second-order valence-corrected chi connectivity index (χ2v) is 4.39. The van der Waals surface area contributed by atoms with Crippen LogP contribution in [0, 0.1) is 6.92 Å². The van der Waals surface area contributed by atoms with Crippen LogP contribution in [0.4, 0.5) is 5.69 Å². The molecule has 0 aliphatic rings. The Morgan fingerprint density at radius 2 is 1.79 bits per heavy atom. The van der Waals surface area contributed by atoms with E-state index in [-0.39, 0.29) is 5.91 Å². The molecule has 3 heteroatoms. The fourth-order valence-electron chi connectivity index (χ4n) is 1.84. The lowest BCUT2D eigenvalue weighted by Gasteiger charge is -2.08. The van der Waals surface area contributed by atoms with Gasteiger partial charge in [0.2, 0.25) is 5.91 Å². The molecule has 98 valence electrons. The summed E-state index contributed by atoms with van der Waals surface area (Å²) in [5.74, 6) is 0.780. The summed E-state index contributed by atoms with van der Waals surface area (Å²) in [6, 6.07) is 15.3. The SMILES string of the molecule is COc1ccc(CC(=O)Nc2ccccc2C)cc1. The summed E-state index contributed by atoms with van der Waals surface area (Å²) < 4.78 is 5.08. The molecule has 0 saturated heterocycles. The lowest BCUT2D eigenvalue weighted by Crippen LogP contribution is -2.15. The summed E-state index contributed by atoms with van der Waals surface area (Å²) in [4.78, 5) is 11.9. The van der Waals surface area contributed by atoms with Crippen molar-refractivity contribution in [2.45, 2.75) is 13.3 Å². The van der Waals surface area contributed by atoms with E-state index >= 15 is 0 Å². The molecule has 3 nitrogen and oxygen atoms in total. The predicted molar refractivity (Wildman–Crippen MR) is 76.5 cm³/mol. The molecule has 1 N–H and O–H groups in total. The number of carbonyl (C=O) groups excluding carboxylic acids is 1. The number of hydrogen-bond acceptors (Lipinski definition) is 2. The Labute approximate surface area is 113 Å². The molecule has 0 spiro atoms. The zero-order valence-electron chi connectivity index (χ0n) is 11.1. The Morgan fingerprint density at radius 3 is 2.42 bits per heavy atom. The summed E-state index contributed by atoms with van der Waals surface area (Å²) in [6.45, 7) is 1.98. The number of carbonyl (C=O) groups is 1. The Kier molecular flexibility index (Phi) is 4.18. The molecule has 0 heterocycles. The van der Waals surface area contributed by atoms with Gasteiger partial charge < -0.3 is 10.1 Å². The minimum atomic E-state index is -0.0144. The molecule has 0 unspecified atom stereocenters. The van der Waals surface area contributed by atoms with Crippen molar-refractivity contribution in [1.29, 1.82) is 0 Å². The van der Waals surface area contributed by atoms with Crippen LogP contribution in [0.15, 0.2) is 48.5 Å². The third-order valence-corrected chi connectivity index (χ3v) is 2.94. The maximum absolute atomic E-state index is 11.9. The quantitative estimate of drug-likeness (QED) is 0.911. The molecule has 2 aromatic rings. The van der Waals surface area contributed by atoms with Crippen molar-refractivity contribution in [2.75, 3.05) is 12.4 Å². The highest BCUT2D eigenvalue weighted by atomic mass is 16.5. The molecule has 0 saturated carbocycles. The van der Waals surface area contributed by atoms with Crippen molar-refractivity contribution in [1.82, 2.24) is 0 Å². The smallest absolute Gasteiger partial charge is 0.228 e. The molecule has 0 radical (unpaired) electrons. The van der Waals surface area contributed by atoms with Gasteiger partial charge in [0.1, 0.15) is 5.75 Å². The fraction of sp³-hybridized carbons (Fsp3) is 0.188. The van der Waals surface area contributed by atoms with E-state index in [1.165, 1.54) is 0 Å². The number of aryl methyl sites for hydroxylation is 1. The number of methoxy groups -OCH3 is 1. The van der Waals surface area contributed by atoms with Gasteiger partial charge in [-0.3, -0.25) is 4.79 Å². The zero-order chi connectivity index (χ0) is 13.7. The third-order valence-electron chi connectivity index (χ3n) is 2.94. The monoisotopic (exact) mass is 255 g/mol. The topological polar surface area (TPSA) is 38.3 Å². The molecule has 19 heavy (non-hydrogen) atoms. The number of rotatable bonds is 4. The highest BCUT2D eigenvalue weighted by molar-refractivity contribution is 5.92. The van der Waals surface area contributed by atoms with Crippen molar-refractivity contribution in [3.63, 3.8) is 0 Å². The molecule has 0 aliphatic carbocycles. The van der Waals surface area contributed by atoms with Crippen molar-refractivity contribution in [3.8, 4) is 5.75 Å². The number of hydrogen-bond donors (Lipinski definition) is 1. The van der Waals surface area contributed by atoms with Crippen LogP contribution in [0.5, 0.6) is 5.75 Å². The first-order valence-corrected chi connectivity index (χ1v) is 6.17. The van der Waals surface area contributed by atoms with Gasteiger partial charge in [-0.05, 0) is 36.2 Å². The highest BCUT2D eigenvalue weighted by Gasteiger charge is 2.05. The number of anilines is 1. The maximum atomic E-state index is 11.9. The molecule has 0 aromatic heterocycles. The summed E-state index contributed by atoms with van der Waals surface area (Å²) in [6.07, 6.45) is 0.359. The van der Waals surface area contributed by atoms with Gasteiger partial charge in [0.15, 0.2) is 0 Å². The van der Waals surface area contributed by atoms with Crippen LogP contribution in [-0.4, -0.2) is 13.0 Å². The van der Waals surface area contributed by atoms with E-state index in [1.54, 1.807) is 7.11 Å². The van der Waals surface area contributed by atoms with E-state index in [9.17, 15) is 4.79 Å². The molecule has 2 aromatic carbocycles. The zero-order valence-corrected chi connectivity index (χ0v) is 11.1. The molecule has 0 aliphatic heterocycles. The van der Waals surface area contributed by atoms with E-state index in [2.05, 4.69) is 5.32 Å². The second-order valence-electron chi connectivity index (χ2n) is 4.39. The number of para-hydroxylation sites is 1. The molecular weight excluding hydrogens is 238 g/mol. The second kappa shape index (κ2) is 6.05. The first-order valence-electron chi connectivity index (χ1n) is 6.17. The summed E-state index contributed by atoms with van der Waals surface area (Å²) >= 11 is 0. The molecule has 0 bridgehead atoms. The van der Waals surface area contributed by atoms with Crippen LogP contribution in [0.25, 0.3) is 0 Å². The Hall–Kier alpha value is -2.29. The van der Waals surface area contributed by atoms with Crippen LogP contribution >= 0.6 is 0 Å². The summed E-state index contributed by atoms with van der Waals surface area (Å²) in [5, 5.41) is 2.92. The normalized spacial score (nSPS) is 10.0. The number of benzene rings is 2. The minimum absolute atomic E-state index is 0.0144. The summed E-state index contributed by atoms with van der Waals surface area (Å²) in [5.41, 5.74) is 2.89. The molecular formula is C16H17NO2. The van der Waals surface area contributed by atoms with Crippen molar-refractivity contribution < 1.29 is 9.53 Å². The van der Waals surface area contributed by atoms with Crippen LogP contribution in [0.1, 0.15) is 11.1 Å². The highest BCUT2D eigenvalue weighted by Crippen LogP contribution is 2.15. The van der Waals surface area contributed by atoms with Gasteiger partial charge in [-0.1, -0.05) is 30.3 Å². The van der Waals surface area contributed by atoms with Gasteiger partial charge in [-0.2, -0.15) is 0 Å². The van der Waals surface area contributed by atoms with E-state index in [0.717, 1.165) is 22.6 Å². The molecule has 2 rings (SSSR count). The fourth-order valence-corrected chi connectivity index (χ4v) is 1.84. The van der Waals surface area contributed by atoms with E-state index in [4.69, 9.17) is 4.74 Å². The van der Waals surface area contributed by atoms with Crippen molar-refractivity contribution in [2.24, 2.45) is 0 Å². The van der Waals surface area contributed by atoms with Crippen LogP contribution in [-0.2, 0) is 11.2 Å². The summed E-state index contributed by atoms with van der Waals surface area (Å²) in [7, 11) is 1.62. The lowest BCUT2D eigenvalue weighted by molar-refractivity contribution is -0.115. The Bertz CT molecular complexity index is 561. The molecule has 0 fully saturated rings. The van der Waals surface area contributed by atoms with Gasteiger partial charge in [0.25, 0.3) is 0 Å². The standard InChI is InChI=1S/C16H17NO2/c1-12-5-3-4-6-15(12)17-16(18)11-13-7-9-14(19-2)10-8-13/h3-10H,11H2,1-2H3,(H,17,18). The van der Waals surface area contributed by atoms with E-state index < -0.39 is 0 Å². The largest absolute Gasteiger partial charge is 0.497 e. The van der Waals surface area contributed by atoms with Gasteiger partial charge in [0.05, 0.1) is 13.5 Å². The number of ether oxygens (including phenoxy) is 1. The van der Waals surface area contributed by atoms with E-state index in [1.807, 2.05) is 55.5 Å². The van der Waals surface area contributed by atoms with Crippen molar-refractivity contribution >= 4 is 11.6 Å². The minimum Gasteiger partial charge on any atom is -0.497 e. The third kappa shape index (κ3) is 3.58. The van der Waals surface area contributed by atoms with Gasteiger partial charge in [-0.15, -0.1) is 0 Å². The van der Waals surface area contributed by atoms with Crippen molar-refractivity contribution in [3.05, 3.63) is 59.7 Å². The molecule has 1 amide bonds. The van der Waals surface area contributed by atoms with E-state index in [0.29, 0.717) is 6.42 Å². The van der Waals surface area contributed by atoms with Crippen LogP contribution in [0.2, 0.25) is 0 Å².